The number of rotatable bonds is 4. The molecule has 0 amide bonds. The first-order valence-electron chi connectivity index (χ1n) is 8.46. The van der Waals surface area contributed by atoms with Crippen molar-refractivity contribution >= 4 is 0 Å². The Morgan fingerprint density at radius 2 is 1.70 bits per heavy atom. The SMILES string of the molecule is c1ccc(-n2cc(CCc3ccc4c(c3)CCCC4)nn2)cc1. The molecule has 1 aliphatic carbocycles. The van der Waals surface area contributed by atoms with Gasteiger partial charge >= 0.3 is 0 Å². The van der Waals surface area contributed by atoms with E-state index in [1.165, 1.54) is 31.2 Å². The average molecular weight is 303 g/mol. The standard InChI is InChI=1S/C20H21N3/c1-2-8-20(9-3-1)23-15-19(21-22-23)13-11-16-10-12-17-6-4-5-7-18(17)14-16/h1-3,8-10,12,14-15H,4-7,11,13H2. The maximum Gasteiger partial charge on any atom is 0.0835 e. The first-order valence-corrected chi connectivity index (χ1v) is 8.46. The highest BCUT2D eigenvalue weighted by Gasteiger charge is 2.10. The zero-order valence-electron chi connectivity index (χ0n) is 13.3. The molecule has 0 spiro atoms. The minimum atomic E-state index is 0.936. The third-order valence-electron chi connectivity index (χ3n) is 4.64. The van der Waals surface area contributed by atoms with Crippen LogP contribution in [0.4, 0.5) is 0 Å². The Bertz CT molecular complexity index is 790. The van der Waals surface area contributed by atoms with Crippen molar-refractivity contribution in [1.82, 2.24) is 15.0 Å². The molecule has 2 aromatic carbocycles. The van der Waals surface area contributed by atoms with Gasteiger partial charge in [0.1, 0.15) is 0 Å². The number of hydrogen-bond acceptors (Lipinski definition) is 2. The van der Waals surface area contributed by atoms with Gasteiger partial charge in [0.25, 0.3) is 0 Å². The van der Waals surface area contributed by atoms with Crippen LogP contribution in [-0.2, 0) is 25.7 Å². The van der Waals surface area contributed by atoms with Crippen molar-refractivity contribution in [1.29, 1.82) is 0 Å². The second kappa shape index (κ2) is 6.37. The number of aromatic nitrogens is 3. The highest BCUT2D eigenvalue weighted by atomic mass is 15.4. The van der Waals surface area contributed by atoms with Gasteiger partial charge in [-0.1, -0.05) is 41.6 Å². The van der Waals surface area contributed by atoms with Crippen molar-refractivity contribution in [3.8, 4) is 5.69 Å². The summed E-state index contributed by atoms with van der Waals surface area (Å²) in [6, 6.07) is 17.1. The number of benzene rings is 2. The summed E-state index contributed by atoms with van der Waals surface area (Å²) >= 11 is 0. The predicted octanol–water partition coefficient (Wildman–Crippen LogP) is 3.93. The van der Waals surface area contributed by atoms with E-state index in [0.717, 1.165) is 24.2 Å². The molecule has 1 heterocycles. The summed E-state index contributed by atoms with van der Waals surface area (Å²) in [4.78, 5) is 0. The molecule has 3 heteroatoms. The van der Waals surface area contributed by atoms with Gasteiger partial charge in [-0.15, -0.1) is 5.10 Å². The van der Waals surface area contributed by atoms with Crippen LogP contribution in [0.3, 0.4) is 0 Å². The van der Waals surface area contributed by atoms with Crippen molar-refractivity contribution in [3.05, 3.63) is 77.1 Å². The third kappa shape index (κ3) is 3.19. The first-order chi connectivity index (χ1) is 11.4. The van der Waals surface area contributed by atoms with E-state index in [1.54, 1.807) is 11.1 Å². The zero-order valence-corrected chi connectivity index (χ0v) is 13.3. The minimum Gasteiger partial charge on any atom is -0.220 e. The summed E-state index contributed by atoms with van der Waals surface area (Å²) in [6.45, 7) is 0. The molecule has 0 aliphatic heterocycles. The van der Waals surface area contributed by atoms with Gasteiger partial charge < -0.3 is 0 Å². The van der Waals surface area contributed by atoms with Gasteiger partial charge in [0.05, 0.1) is 17.6 Å². The van der Waals surface area contributed by atoms with Crippen LogP contribution >= 0.6 is 0 Å². The van der Waals surface area contributed by atoms with Crippen LogP contribution in [0.1, 0.15) is 35.2 Å². The summed E-state index contributed by atoms with van der Waals surface area (Å²) in [5, 5.41) is 8.54. The molecule has 116 valence electrons. The van der Waals surface area contributed by atoms with Crippen LogP contribution in [0.5, 0.6) is 0 Å². The third-order valence-corrected chi connectivity index (χ3v) is 4.64. The number of aryl methyl sites for hydroxylation is 4. The van der Waals surface area contributed by atoms with E-state index in [-0.39, 0.29) is 0 Å². The van der Waals surface area contributed by atoms with Crippen LogP contribution in [0.15, 0.2) is 54.7 Å². The van der Waals surface area contributed by atoms with E-state index in [4.69, 9.17) is 0 Å². The fraction of sp³-hybridized carbons (Fsp3) is 0.300. The van der Waals surface area contributed by atoms with Crippen molar-refractivity contribution in [2.75, 3.05) is 0 Å². The molecule has 0 N–H and O–H groups in total. The Hall–Kier alpha value is -2.42. The van der Waals surface area contributed by atoms with E-state index in [9.17, 15) is 0 Å². The molecular formula is C20H21N3. The molecule has 0 radical (unpaired) electrons. The Morgan fingerprint density at radius 1 is 0.870 bits per heavy atom. The lowest BCUT2D eigenvalue weighted by Crippen LogP contribution is -2.03. The van der Waals surface area contributed by atoms with Gasteiger partial charge in [0, 0.05) is 0 Å². The lowest BCUT2D eigenvalue weighted by atomic mass is 9.89. The smallest absolute Gasteiger partial charge is 0.0835 e. The molecule has 0 unspecified atom stereocenters. The van der Waals surface area contributed by atoms with Gasteiger partial charge in [0.2, 0.25) is 0 Å². The van der Waals surface area contributed by atoms with E-state index in [2.05, 4.69) is 28.5 Å². The molecule has 0 fully saturated rings. The molecule has 4 rings (SSSR count). The van der Waals surface area contributed by atoms with Crippen LogP contribution in [0, 0.1) is 0 Å². The highest BCUT2D eigenvalue weighted by molar-refractivity contribution is 5.34. The van der Waals surface area contributed by atoms with E-state index < -0.39 is 0 Å². The number of para-hydroxylation sites is 1. The average Bonchev–Trinajstić information content (AvgIpc) is 3.10. The predicted molar refractivity (Wildman–Crippen MR) is 91.9 cm³/mol. The Balaban J connectivity index is 1.44. The molecule has 3 aromatic rings. The van der Waals surface area contributed by atoms with Crippen LogP contribution in [0.25, 0.3) is 5.69 Å². The molecule has 23 heavy (non-hydrogen) atoms. The summed E-state index contributed by atoms with van der Waals surface area (Å²) < 4.78 is 1.85. The molecule has 1 aromatic heterocycles. The van der Waals surface area contributed by atoms with Crippen LogP contribution in [-0.4, -0.2) is 15.0 Å². The van der Waals surface area contributed by atoms with Crippen molar-refractivity contribution in [2.24, 2.45) is 0 Å². The van der Waals surface area contributed by atoms with Crippen molar-refractivity contribution < 1.29 is 0 Å². The molecule has 0 atom stereocenters. The summed E-state index contributed by atoms with van der Waals surface area (Å²) in [5.74, 6) is 0. The van der Waals surface area contributed by atoms with E-state index >= 15 is 0 Å². The quantitative estimate of drug-likeness (QED) is 0.731. The fourth-order valence-electron chi connectivity index (χ4n) is 3.33. The zero-order chi connectivity index (χ0) is 15.5. The van der Waals surface area contributed by atoms with Gasteiger partial charge in [-0.05, 0) is 67.3 Å². The lowest BCUT2D eigenvalue weighted by Gasteiger charge is -2.16. The second-order valence-electron chi connectivity index (χ2n) is 6.30. The van der Waals surface area contributed by atoms with E-state index in [0.29, 0.717) is 0 Å². The highest BCUT2D eigenvalue weighted by Crippen LogP contribution is 2.22. The van der Waals surface area contributed by atoms with Crippen LogP contribution in [0.2, 0.25) is 0 Å². The van der Waals surface area contributed by atoms with Crippen molar-refractivity contribution in [2.45, 2.75) is 38.5 Å². The molecule has 3 nitrogen and oxygen atoms in total. The topological polar surface area (TPSA) is 30.7 Å². The molecule has 0 saturated carbocycles. The first kappa shape index (κ1) is 14.2. The summed E-state index contributed by atoms with van der Waals surface area (Å²) in [5.41, 5.74) is 6.63. The minimum absolute atomic E-state index is 0.936. The Labute approximate surface area is 137 Å². The largest absolute Gasteiger partial charge is 0.220 e. The van der Waals surface area contributed by atoms with Gasteiger partial charge in [0.15, 0.2) is 0 Å². The molecule has 0 bridgehead atoms. The monoisotopic (exact) mass is 303 g/mol. The summed E-state index contributed by atoms with van der Waals surface area (Å²) in [6.07, 6.45) is 9.17. The molecule has 1 aliphatic rings. The maximum absolute atomic E-state index is 4.31. The maximum atomic E-state index is 4.31. The molecular weight excluding hydrogens is 282 g/mol. The Morgan fingerprint density at radius 3 is 2.57 bits per heavy atom. The second-order valence-corrected chi connectivity index (χ2v) is 6.30. The number of nitrogens with zero attached hydrogens (tertiary/aromatic N) is 3. The van der Waals surface area contributed by atoms with Gasteiger partial charge in [-0.25, -0.2) is 4.68 Å². The number of hydrogen-bond donors (Lipinski definition) is 0. The Kier molecular flexibility index (Phi) is 3.93. The molecule has 0 saturated heterocycles. The van der Waals surface area contributed by atoms with Crippen LogP contribution < -0.4 is 0 Å². The number of fused-ring (bicyclic) bond motifs is 1. The van der Waals surface area contributed by atoms with Crippen molar-refractivity contribution in [3.63, 3.8) is 0 Å². The summed E-state index contributed by atoms with van der Waals surface area (Å²) in [7, 11) is 0. The van der Waals surface area contributed by atoms with Gasteiger partial charge in [-0.2, -0.15) is 0 Å². The van der Waals surface area contributed by atoms with Gasteiger partial charge in [-0.3, -0.25) is 0 Å². The normalized spacial score (nSPS) is 13.7. The lowest BCUT2D eigenvalue weighted by molar-refractivity contribution is 0.684. The fourth-order valence-corrected chi connectivity index (χ4v) is 3.33. The van der Waals surface area contributed by atoms with E-state index in [1.807, 2.05) is 41.2 Å².